The maximum absolute atomic E-state index is 13.1. The van der Waals surface area contributed by atoms with Gasteiger partial charge in [0.15, 0.2) is 0 Å². The molecule has 0 bridgehead atoms. The summed E-state index contributed by atoms with van der Waals surface area (Å²) in [4.78, 5) is 4.06. The van der Waals surface area contributed by atoms with E-state index in [1.165, 1.54) is 12.1 Å². The van der Waals surface area contributed by atoms with E-state index in [4.69, 9.17) is 5.73 Å². The van der Waals surface area contributed by atoms with Gasteiger partial charge in [0.2, 0.25) is 5.95 Å². The van der Waals surface area contributed by atoms with Crippen LogP contribution in [-0.4, -0.2) is 9.55 Å². The fourth-order valence-corrected chi connectivity index (χ4v) is 1.82. The Balaban J connectivity index is 2.62. The Hall–Kier alpha value is -1.36. The highest BCUT2D eigenvalue weighted by Crippen LogP contribution is 2.24. The van der Waals surface area contributed by atoms with Crippen LogP contribution < -0.4 is 5.73 Å². The second-order valence-corrected chi connectivity index (χ2v) is 4.06. The van der Waals surface area contributed by atoms with Crippen molar-refractivity contribution in [3.63, 3.8) is 0 Å². The predicted molar refractivity (Wildman–Crippen MR) is 60.4 cm³/mol. The zero-order chi connectivity index (χ0) is 11.0. The average molecular weight is 270 g/mol. The number of nitrogens with zero attached hydrogens (tertiary/aromatic N) is 2. The normalized spacial score (nSPS) is 10.6. The first-order valence-corrected chi connectivity index (χ1v) is 5.14. The summed E-state index contributed by atoms with van der Waals surface area (Å²) in [6.07, 6.45) is 1.76. The fourth-order valence-electron chi connectivity index (χ4n) is 1.38. The largest absolute Gasteiger partial charge is 0.369 e. The number of aromatic nitrogens is 2. The molecule has 0 spiro atoms. The number of hydrogen-bond acceptors (Lipinski definition) is 2. The standard InChI is InChI=1S/C10H9BrFN3/c1-6-5-15(10(13)14-6)9-4-7(12)2-3-8(9)11/h2-5H,1H3,(H2,13,14). The average Bonchev–Trinajstić information content (AvgIpc) is 2.50. The molecule has 0 radical (unpaired) electrons. The SMILES string of the molecule is Cc1cn(-c2cc(F)ccc2Br)c(N)n1. The Labute approximate surface area is 94.9 Å². The van der Waals surface area contributed by atoms with Crippen molar-refractivity contribution in [3.8, 4) is 5.69 Å². The maximum Gasteiger partial charge on any atom is 0.205 e. The molecule has 0 amide bonds. The molecule has 3 nitrogen and oxygen atoms in total. The van der Waals surface area contributed by atoms with E-state index in [-0.39, 0.29) is 5.82 Å². The number of hydrogen-bond donors (Lipinski definition) is 1. The maximum atomic E-state index is 13.1. The number of imidazole rings is 1. The first-order chi connectivity index (χ1) is 7.08. The van der Waals surface area contributed by atoms with Crippen LogP contribution in [0.4, 0.5) is 10.3 Å². The number of halogens is 2. The molecule has 2 rings (SSSR count). The number of aryl methyl sites for hydroxylation is 1. The molecule has 2 aromatic rings. The van der Waals surface area contributed by atoms with Crippen molar-refractivity contribution in [3.05, 3.63) is 40.4 Å². The molecule has 78 valence electrons. The molecule has 0 aliphatic rings. The van der Waals surface area contributed by atoms with Gasteiger partial charge in [0.1, 0.15) is 5.82 Å². The topological polar surface area (TPSA) is 43.8 Å². The van der Waals surface area contributed by atoms with Gasteiger partial charge in [-0.1, -0.05) is 0 Å². The summed E-state index contributed by atoms with van der Waals surface area (Å²) in [5, 5.41) is 0. The van der Waals surface area contributed by atoms with Crippen molar-refractivity contribution in [2.45, 2.75) is 6.92 Å². The van der Waals surface area contributed by atoms with Gasteiger partial charge in [-0.05, 0) is 41.1 Å². The molecular formula is C10H9BrFN3. The quantitative estimate of drug-likeness (QED) is 0.865. The third-order valence-corrected chi connectivity index (χ3v) is 2.69. The summed E-state index contributed by atoms with van der Waals surface area (Å²) in [6.45, 7) is 1.83. The highest BCUT2D eigenvalue weighted by atomic mass is 79.9. The molecule has 1 aromatic heterocycles. The monoisotopic (exact) mass is 269 g/mol. The molecule has 0 atom stereocenters. The van der Waals surface area contributed by atoms with Crippen molar-refractivity contribution >= 4 is 21.9 Å². The summed E-state index contributed by atoms with van der Waals surface area (Å²) < 4.78 is 15.5. The lowest BCUT2D eigenvalue weighted by Gasteiger charge is -2.06. The molecule has 0 aliphatic carbocycles. The Bertz CT molecular complexity index is 507. The minimum absolute atomic E-state index is 0.307. The van der Waals surface area contributed by atoms with E-state index in [0.717, 1.165) is 10.2 Å². The van der Waals surface area contributed by atoms with Crippen LogP contribution in [0.1, 0.15) is 5.69 Å². The number of rotatable bonds is 1. The summed E-state index contributed by atoms with van der Waals surface area (Å²) in [6, 6.07) is 4.43. The molecule has 0 saturated heterocycles. The Morgan fingerprint density at radius 3 is 2.80 bits per heavy atom. The molecule has 0 fully saturated rings. The van der Waals surface area contributed by atoms with E-state index < -0.39 is 0 Å². The fraction of sp³-hybridized carbons (Fsp3) is 0.100. The molecule has 0 saturated carbocycles. The number of nitrogen functional groups attached to an aromatic ring is 1. The van der Waals surface area contributed by atoms with Gasteiger partial charge >= 0.3 is 0 Å². The van der Waals surface area contributed by atoms with Crippen molar-refractivity contribution < 1.29 is 4.39 Å². The summed E-state index contributed by atoms with van der Waals surface area (Å²) in [5.41, 5.74) is 7.14. The first kappa shape index (κ1) is 10.2. The van der Waals surface area contributed by atoms with Crippen LogP contribution >= 0.6 is 15.9 Å². The van der Waals surface area contributed by atoms with Gasteiger partial charge < -0.3 is 5.73 Å². The lowest BCUT2D eigenvalue weighted by molar-refractivity contribution is 0.626. The van der Waals surface area contributed by atoms with Crippen LogP contribution in [0.5, 0.6) is 0 Å². The van der Waals surface area contributed by atoms with Crippen LogP contribution in [0.2, 0.25) is 0 Å². The van der Waals surface area contributed by atoms with Crippen molar-refractivity contribution in [1.29, 1.82) is 0 Å². The van der Waals surface area contributed by atoms with Crippen LogP contribution in [0.15, 0.2) is 28.9 Å². The van der Waals surface area contributed by atoms with E-state index >= 15 is 0 Å². The summed E-state index contributed by atoms with van der Waals surface area (Å²) >= 11 is 3.34. The highest BCUT2D eigenvalue weighted by molar-refractivity contribution is 9.10. The Kier molecular flexibility index (Phi) is 2.48. The summed E-state index contributed by atoms with van der Waals surface area (Å²) in [7, 11) is 0. The van der Waals surface area contributed by atoms with Gasteiger partial charge in [0.05, 0.1) is 11.4 Å². The van der Waals surface area contributed by atoms with E-state index in [1.807, 2.05) is 6.92 Å². The zero-order valence-electron chi connectivity index (χ0n) is 8.04. The lowest BCUT2D eigenvalue weighted by atomic mass is 10.3. The van der Waals surface area contributed by atoms with Gasteiger partial charge in [0, 0.05) is 10.7 Å². The number of nitrogens with two attached hydrogens (primary N) is 1. The van der Waals surface area contributed by atoms with E-state index in [1.54, 1.807) is 16.8 Å². The van der Waals surface area contributed by atoms with Crippen molar-refractivity contribution in [1.82, 2.24) is 9.55 Å². The van der Waals surface area contributed by atoms with Crippen LogP contribution in [0.25, 0.3) is 5.69 Å². The van der Waals surface area contributed by atoms with Gasteiger partial charge in [-0.3, -0.25) is 4.57 Å². The molecule has 5 heteroatoms. The van der Waals surface area contributed by atoms with E-state index in [0.29, 0.717) is 11.6 Å². The van der Waals surface area contributed by atoms with Crippen LogP contribution in [0, 0.1) is 12.7 Å². The van der Waals surface area contributed by atoms with Crippen molar-refractivity contribution in [2.24, 2.45) is 0 Å². The minimum atomic E-state index is -0.307. The Morgan fingerprint density at radius 2 is 2.20 bits per heavy atom. The lowest BCUT2D eigenvalue weighted by Crippen LogP contribution is -2.00. The molecule has 2 N–H and O–H groups in total. The Morgan fingerprint density at radius 1 is 1.47 bits per heavy atom. The molecule has 0 unspecified atom stereocenters. The van der Waals surface area contributed by atoms with Gasteiger partial charge in [-0.2, -0.15) is 0 Å². The highest BCUT2D eigenvalue weighted by Gasteiger charge is 2.08. The van der Waals surface area contributed by atoms with Gasteiger partial charge in [-0.15, -0.1) is 0 Å². The van der Waals surface area contributed by atoms with Crippen molar-refractivity contribution in [2.75, 3.05) is 5.73 Å². The predicted octanol–water partition coefficient (Wildman–Crippen LogP) is 2.66. The van der Waals surface area contributed by atoms with Crippen LogP contribution in [0.3, 0.4) is 0 Å². The number of benzene rings is 1. The second kappa shape index (κ2) is 3.66. The molecular weight excluding hydrogens is 261 g/mol. The first-order valence-electron chi connectivity index (χ1n) is 4.35. The van der Waals surface area contributed by atoms with Crippen LogP contribution in [-0.2, 0) is 0 Å². The second-order valence-electron chi connectivity index (χ2n) is 3.21. The smallest absolute Gasteiger partial charge is 0.205 e. The van der Waals surface area contributed by atoms with E-state index in [2.05, 4.69) is 20.9 Å². The van der Waals surface area contributed by atoms with E-state index in [9.17, 15) is 4.39 Å². The molecule has 1 heterocycles. The molecule has 15 heavy (non-hydrogen) atoms. The van der Waals surface area contributed by atoms with Gasteiger partial charge in [0.25, 0.3) is 0 Å². The summed E-state index contributed by atoms with van der Waals surface area (Å²) in [5.74, 6) is 0.0396. The minimum Gasteiger partial charge on any atom is -0.369 e. The zero-order valence-corrected chi connectivity index (χ0v) is 9.62. The molecule has 1 aromatic carbocycles. The third kappa shape index (κ3) is 1.87. The molecule has 0 aliphatic heterocycles. The van der Waals surface area contributed by atoms with Gasteiger partial charge in [-0.25, -0.2) is 9.37 Å². The third-order valence-electron chi connectivity index (χ3n) is 2.02. The number of anilines is 1.